The van der Waals surface area contributed by atoms with Gasteiger partial charge in [0.15, 0.2) is 10.8 Å². The summed E-state index contributed by atoms with van der Waals surface area (Å²) in [5, 5.41) is 4.73. The maximum atomic E-state index is 5.98. The molecule has 0 N–H and O–H groups in total. The highest BCUT2D eigenvalue weighted by atomic mass is 79.9. The summed E-state index contributed by atoms with van der Waals surface area (Å²) in [6.07, 6.45) is 0. The molecule has 0 unspecified atom stereocenters. The van der Waals surface area contributed by atoms with Gasteiger partial charge in [-0.15, -0.1) is 0 Å². The fraction of sp³-hybridized carbons (Fsp3) is 0.250. The molecular formula is C16H17BrClN3. The van der Waals surface area contributed by atoms with Gasteiger partial charge in [0.05, 0.1) is 15.9 Å². The summed E-state index contributed by atoms with van der Waals surface area (Å²) in [5.74, 6) is 0. The number of imidazole rings is 1. The Morgan fingerprint density at radius 3 is 2.33 bits per heavy atom. The zero-order valence-electron chi connectivity index (χ0n) is 12.5. The van der Waals surface area contributed by atoms with E-state index in [0.717, 1.165) is 27.1 Å². The van der Waals surface area contributed by atoms with Crippen LogP contribution in [0.15, 0.2) is 34.8 Å². The van der Waals surface area contributed by atoms with Crippen LogP contribution in [0, 0.1) is 13.8 Å². The Hall–Kier alpha value is -1.39. The molecular weight excluding hydrogens is 350 g/mol. The molecule has 0 bridgehead atoms. The summed E-state index contributed by atoms with van der Waals surface area (Å²) < 4.78 is 2.61. The second kappa shape index (κ2) is 6.58. The Kier molecular flexibility index (Phi) is 5.01. The number of hydrogen-bond donors (Lipinski definition) is 0. The molecule has 2 heterocycles. The van der Waals surface area contributed by atoms with Crippen LogP contribution in [0.5, 0.6) is 0 Å². The van der Waals surface area contributed by atoms with Crippen LogP contribution in [-0.2, 0) is 0 Å². The standard InChI is InChI=1S/C14H11BrClN3.C2H6/c1-8-3-5-10(6-4-8)13-9(2)19-14(17-13)11(15)7-12(16)18-19;1-2/h3-7H,1-2H3;1-2H3. The molecule has 0 aliphatic heterocycles. The second-order valence-electron chi connectivity index (χ2n) is 4.46. The molecule has 110 valence electrons. The topological polar surface area (TPSA) is 30.2 Å². The highest BCUT2D eigenvalue weighted by Crippen LogP contribution is 2.28. The zero-order valence-corrected chi connectivity index (χ0v) is 14.8. The van der Waals surface area contributed by atoms with Crippen molar-refractivity contribution in [2.45, 2.75) is 27.7 Å². The van der Waals surface area contributed by atoms with E-state index in [9.17, 15) is 0 Å². The average molecular weight is 367 g/mol. The van der Waals surface area contributed by atoms with Gasteiger partial charge in [0.25, 0.3) is 0 Å². The molecule has 0 saturated carbocycles. The minimum Gasteiger partial charge on any atom is -0.226 e. The maximum absolute atomic E-state index is 5.98. The lowest BCUT2D eigenvalue weighted by atomic mass is 10.1. The van der Waals surface area contributed by atoms with Crippen LogP contribution >= 0.6 is 27.5 Å². The van der Waals surface area contributed by atoms with E-state index in [-0.39, 0.29) is 0 Å². The third-order valence-electron chi connectivity index (χ3n) is 3.06. The average Bonchev–Trinajstić information content (AvgIpc) is 2.80. The summed E-state index contributed by atoms with van der Waals surface area (Å²) in [7, 11) is 0. The first-order valence-electron chi connectivity index (χ1n) is 6.84. The van der Waals surface area contributed by atoms with Crippen molar-refractivity contribution in [2.24, 2.45) is 0 Å². The number of hydrogen-bond acceptors (Lipinski definition) is 2. The molecule has 2 aromatic heterocycles. The lowest BCUT2D eigenvalue weighted by Crippen LogP contribution is -1.95. The molecule has 0 aliphatic rings. The summed E-state index contributed by atoms with van der Waals surface area (Å²) >= 11 is 9.45. The van der Waals surface area contributed by atoms with Crippen molar-refractivity contribution in [1.29, 1.82) is 0 Å². The van der Waals surface area contributed by atoms with Crippen molar-refractivity contribution >= 4 is 33.2 Å². The van der Waals surface area contributed by atoms with Crippen LogP contribution in [0.3, 0.4) is 0 Å². The van der Waals surface area contributed by atoms with Crippen molar-refractivity contribution < 1.29 is 0 Å². The number of nitrogens with zero attached hydrogens (tertiary/aromatic N) is 3. The van der Waals surface area contributed by atoms with Gasteiger partial charge < -0.3 is 0 Å². The predicted octanol–water partition coefficient (Wildman–Crippen LogP) is 5.46. The minimum atomic E-state index is 0.440. The van der Waals surface area contributed by atoms with E-state index >= 15 is 0 Å². The summed E-state index contributed by atoms with van der Waals surface area (Å²) in [4.78, 5) is 4.65. The van der Waals surface area contributed by atoms with Crippen molar-refractivity contribution in [2.75, 3.05) is 0 Å². The number of halogens is 2. The zero-order chi connectivity index (χ0) is 15.6. The first kappa shape index (κ1) is 16.0. The maximum Gasteiger partial charge on any atom is 0.168 e. The third kappa shape index (κ3) is 3.11. The van der Waals surface area contributed by atoms with Crippen LogP contribution < -0.4 is 0 Å². The van der Waals surface area contributed by atoms with Crippen LogP contribution in [-0.4, -0.2) is 14.6 Å². The second-order valence-corrected chi connectivity index (χ2v) is 5.70. The summed E-state index contributed by atoms with van der Waals surface area (Å²) in [5.41, 5.74) is 4.99. The molecule has 0 atom stereocenters. The van der Waals surface area contributed by atoms with E-state index in [1.807, 2.05) is 20.8 Å². The van der Waals surface area contributed by atoms with E-state index in [1.165, 1.54) is 5.56 Å². The monoisotopic (exact) mass is 365 g/mol. The van der Waals surface area contributed by atoms with Crippen molar-refractivity contribution in [3.63, 3.8) is 0 Å². The van der Waals surface area contributed by atoms with Gasteiger partial charge in [0.2, 0.25) is 0 Å². The smallest absolute Gasteiger partial charge is 0.168 e. The summed E-state index contributed by atoms with van der Waals surface area (Å²) in [6.45, 7) is 8.06. The van der Waals surface area contributed by atoms with Gasteiger partial charge in [-0.1, -0.05) is 55.3 Å². The number of benzene rings is 1. The van der Waals surface area contributed by atoms with Crippen LogP contribution in [0.4, 0.5) is 0 Å². The lowest BCUT2D eigenvalue weighted by molar-refractivity contribution is 0.897. The van der Waals surface area contributed by atoms with Gasteiger partial charge in [0.1, 0.15) is 0 Å². The van der Waals surface area contributed by atoms with E-state index in [1.54, 1.807) is 10.6 Å². The Labute approximate surface area is 138 Å². The van der Waals surface area contributed by atoms with Crippen LogP contribution in [0.25, 0.3) is 16.9 Å². The van der Waals surface area contributed by atoms with E-state index in [2.05, 4.69) is 57.2 Å². The van der Waals surface area contributed by atoms with E-state index in [0.29, 0.717) is 5.15 Å². The number of aromatic nitrogens is 3. The minimum absolute atomic E-state index is 0.440. The van der Waals surface area contributed by atoms with E-state index < -0.39 is 0 Å². The molecule has 0 spiro atoms. The molecule has 3 rings (SSSR count). The molecule has 3 nitrogen and oxygen atoms in total. The van der Waals surface area contributed by atoms with Crippen LogP contribution in [0.1, 0.15) is 25.1 Å². The highest BCUT2D eigenvalue weighted by molar-refractivity contribution is 9.10. The van der Waals surface area contributed by atoms with Crippen molar-refractivity contribution in [3.8, 4) is 11.3 Å². The number of rotatable bonds is 1. The lowest BCUT2D eigenvalue weighted by Gasteiger charge is -2.00. The molecule has 0 radical (unpaired) electrons. The van der Waals surface area contributed by atoms with Gasteiger partial charge in [-0.25, -0.2) is 9.50 Å². The number of fused-ring (bicyclic) bond motifs is 1. The largest absolute Gasteiger partial charge is 0.226 e. The van der Waals surface area contributed by atoms with E-state index in [4.69, 9.17) is 11.6 Å². The first-order chi connectivity index (χ1) is 10.1. The van der Waals surface area contributed by atoms with Crippen molar-refractivity contribution in [1.82, 2.24) is 14.6 Å². The SMILES string of the molecule is CC.Cc1ccc(-c2nc3c(Br)cc(Cl)nn3c2C)cc1. The molecule has 3 aromatic rings. The third-order valence-corrected chi connectivity index (χ3v) is 3.83. The van der Waals surface area contributed by atoms with Crippen molar-refractivity contribution in [3.05, 3.63) is 51.2 Å². The fourth-order valence-corrected chi connectivity index (χ4v) is 2.84. The first-order valence-corrected chi connectivity index (χ1v) is 8.02. The number of aryl methyl sites for hydroxylation is 2. The van der Waals surface area contributed by atoms with Gasteiger partial charge >= 0.3 is 0 Å². The Bertz CT molecular complexity index is 763. The molecule has 1 aromatic carbocycles. The fourth-order valence-electron chi connectivity index (χ4n) is 2.05. The quantitative estimate of drug-likeness (QED) is 0.573. The van der Waals surface area contributed by atoms with Gasteiger partial charge in [0, 0.05) is 5.56 Å². The molecule has 0 saturated heterocycles. The highest BCUT2D eigenvalue weighted by Gasteiger charge is 2.14. The Morgan fingerprint density at radius 1 is 1.10 bits per heavy atom. The molecule has 0 amide bonds. The Morgan fingerprint density at radius 2 is 1.71 bits per heavy atom. The van der Waals surface area contributed by atoms with Gasteiger partial charge in [-0.05, 0) is 35.8 Å². The Balaban J connectivity index is 0.000000774. The normalized spacial score (nSPS) is 10.4. The predicted molar refractivity (Wildman–Crippen MR) is 92.0 cm³/mol. The van der Waals surface area contributed by atoms with Gasteiger partial charge in [-0.3, -0.25) is 0 Å². The summed E-state index contributed by atoms with van der Waals surface area (Å²) in [6, 6.07) is 10.0. The molecule has 21 heavy (non-hydrogen) atoms. The van der Waals surface area contributed by atoms with Crippen LogP contribution in [0.2, 0.25) is 5.15 Å². The molecule has 5 heteroatoms. The molecule has 0 aliphatic carbocycles. The van der Waals surface area contributed by atoms with Gasteiger partial charge in [-0.2, -0.15) is 5.10 Å². The molecule has 0 fully saturated rings.